The molecule has 0 aliphatic carbocycles. The summed E-state index contributed by atoms with van der Waals surface area (Å²) in [5, 5.41) is 2.89. The highest BCUT2D eigenvalue weighted by atomic mass is 35.5. The second kappa shape index (κ2) is 6.56. The predicted octanol–water partition coefficient (Wildman–Crippen LogP) is 1.82. The Morgan fingerprint density at radius 2 is 1.91 bits per heavy atom. The SMILES string of the molecule is CC(C)(C)[C@H](N)C(=O)NC1CCS(=O)(=O)c2ccccc21.Cl. The van der Waals surface area contributed by atoms with Crippen molar-refractivity contribution in [3.63, 3.8) is 0 Å². The molecule has 2 rings (SSSR count). The van der Waals surface area contributed by atoms with E-state index in [1.165, 1.54) is 0 Å². The summed E-state index contributed by atoms with van der Waals surface area (Å²) in [5.74, 6) is -0.207. The molecule has 0 fully saturated rings. The number of fused-ring (bicyclic) bond motifs is 1. The first kappa shape index (κ1) is 18.9. The quantitative estimate of drug-likeness (QED) is 0.854. The van der Waals surface area contributed by atoms with Gasteiger partial charge in [-0.1, -0.05) is 39.0 Å². The van der Waals surface area contributed by atoms with Crippen molar-refractivity contribution in [1.82, 2.24) is 5.32 Å². The first-order valence-electron chi connectivity index (χ1n) is 7.00. The zero-order valence-electron chi connectivity index (χ0n) is 13.0. The summed E-state index contributed by atoms with van der Waals surface area (Å²) in [6, 6.07) is 5.88. The van der Waals surface area contributed by atoms with Gasteiger partial charge in [-0.05, 0) is 23.5 Å². The Morgan fingerprint density at radius 3 is 2.50 bits per heavy atom. The van der Waals surface area contributed by atoms with Crippen LogP contribution in [-0.2, 0) is 14.6 Å². The highest BCUT2D eigenvalue weighted by molar-refractivity contribution is 7.91. The Kier molecular flexibility index (Phi) is 5.65. The molecule has 0 bridgehead atoms. The maximum absolute atomic E-state index is 12.2. The van der Waals surface area contributed by atoms with Gasteiger partial charge in [0.05, 0.1) is 22.7 Å². The predicted molar refractivity (Wildman–Crippen MR) is 88.7 cm³/mol. The Labute approximate surface area is 138 Å². The molecule has 5 nitrogen and oxygen atoms in total. The molecule has 0 aromatic heterocycles. The first-order valence-corrected chi connectivity index (χ1v) is 8.66. The monoisotopic (exact) mass is 346 g/mol. The molecule has 0 radical (unpaired) electrons. The van der Waals surface area contributed by atoms with Crippen LogP contribution in [0.5, 0.6) is 0 Å². The minimum absolute atomic E-state index is 0. The van der Waals surface area contributed by atoms with Gasteiger partial charge in [0.25, 0.3) is 0 Å². The van der Waals surface area contributed by atoms with E-state index in [4.69, 9.17) is 5.73 Å². The summed E-state index contributed by atoms with van der Waals surface area (Å²) in [7, 11) is -3.24. The van der Waals surface area contributed by atoms with Crippen LogP contribution >= 0.6 is 12.4 Å². The zero-order valence-corrected chi connectivity index (χ0v) is 14.6. The van der Waals surface area contributed by atoms with Gasteiger partial charge >= 0.3 is 0 Å². The molecule has 0 spiro atoms. The van der Waals surface area contributed by atoms with Gasteiger partial charge in [-0.25, -0.2) is 8.42 Å². The van der Waals surface area contributed by atoms with E-state index in [0.29, 0.717) is 16.9 Å². The molecular formula is C15H23ClN2O3S. The summed E-state index contributed by atoms with van der Waals surface area (Å²) in [5.41, 5.74) is 6.26. The number of nitrogens with one attached hydrogen (secondary N) is 1. The van der Waals surface area contributed by atoms with Crippen LogP contribution in [0, 0.1) is 5.41 Å². The highest BCUT2D eigenvalue weighted by Crippen LogP contribution is 2.32. The Bertz CT molecular complexity index is 653. The van der Waals surface area contributed by atoms with Gasteiger partial charge < -0.3 is 11.1 Å². The van der Waals surface area contributed by atoms with E-state index in [0.717, 1.165) is 0 Å². The van der Waals surface area contributed by atoms with Gasteiger partial charge in [-0.3, -0.25) is 4.79 Å². The van der Waals surface area contributed by atoms with E-state index in [1.807, 2.05) is 20.8 Å². The van der Waals surface area contributed by atoms with Crippen LogP contribution in [0.2, 0.25) is 0 Å². The second-order valence-corrected chi connectivity index (χ2v) is 8.63. The molecule has 7 heteroatoms. The summed E-state index contributed by atoms with van der Waals surface area (Å²) in [6.07, 6.45) is 0.377. The van der Waals surface area contributed by atoms with Crippen LogP contribution in [0.1, 0.15) is 38.8 Å². The number of benzene rings is 1. The van der Waals surface area contributed by atoms with E-state index < -0.39 is 15.9 Å². The van der Waals surface area contributed by atoms with Crippen LogP contribution in [0.15, 0.2) is 29.2 Å². The van der Waals surface area contributed by atoms with Crippen molar-refractivity contribution in [2.45, 2.75) is 44.2 Å². The molecule has 1 heterocycles. The largest absolute Gasteiger partial charge is 0.348 e. The lowest BCUT2D eigenvalue weighted by atomic mass is 9.86. The second-order valence-electron chi connectivity index (χ2n) is 6.55. The van der Waals surface area contributed by atoms with Crippen molar-refractivity contribution < 1.29 is 13.2 Å². The van der Waals surface area contributed by atoms with E-state index in [-0.39, 0.29) is 35.5 Å². The molecule has 1 aliphatic heterocycles. The third-order valence-electron chi connectivity index (χ3n) is 3.84. The normalized spacial score (nSPS) is 21.2. The first-order chi connectivity index (χ1) is 9.63. The van der Waals surface area contributed by atoms with Gasteiger partial charge in [-0.15, -0.1) is 12.4 Å². The fourth-order valence-electron chi connectivity index (χ4n) is 2.39. The van der Waals surface area contributed by atoms with E-state index in [2.05, 4.69) is 5.32 Å². The number of hydrogen-bond acceptors (Lipinski definition) is 4. The number of rotatable bonds is 2. The van der Waals surface area contributed by atoms with Gasteiger partial charge in [0, 0.05) is 0 Å². The number of carbonyl (C=O) groups excluding carboxylic acids is 1. The lowest BCUT2D eigenvalue weighted by molar-refractivity contribution is -0.125. The van der Waals surface area contributed by atoms with Crippen LogP contribution in [-0.4, -0.2) is 26.1 Å². The Morgan fingerprint density at radius 1 is 1.32 bits per heavy atom. The summed E-state index contributed by atoms with van der Waals surface area (Å²) in [4.78, 5) is 12.6. The van der Waals surface area contributed by atoms with Crippen LogP contribution in [0.25, 0.3) is 0 Å². The molecule has 1 aliphatic rings. The molecule has 0 saturated carbocycles. The standard InChI is InChI=1S/C15H22N2O3S.ClH/c1-15(2,3)13(16)14(18)17-11-8-9-21(19,20)12-7-5-4-6-10(11)12;/h4-7,11,13H,8-9,16H2,1-3H3,(H,17,18);1H/t11?,13-;/m1./s1. The van der Waals surface area contributed by atoms with Gasteiger partial charge in [-0.2, -0.15) is 0 Å². The molecular weight excluding hydrogens is 324 g/mol. The van der Waals surface area contributed by atoms with Crippen molar-refractivity contribution in [3.8, 4) is 0 Å². The fourth-order valence-corrected chi connectivity index (χ4v) is 4.02. The third-order valence-corrected chi connectivity index (χ3v) is 5.65. The number of sulfone groups is 1. The number of halogens is 1. The van der Waals surface area contributed by atoms with E-state index in [9.17, 15) is 13.2 Å². The minimum atomic E-state index is -3.24. The average molecular weight is 347 g/mol. The molecule has 2 atom stereocenters. The van der Waals surface area contributed by atoms with Crippen LogP contribution < -0.4 is 11.1 Å². The molecule has 1 aromatic rings. The smallest absolute Gasteiger partial charge is 0.237 e. The maximum atomic E-state index is 12.2. The topological polar surface area (TPSA) is 89.3 Å². The fraction of sp³-hybridized carbons (Fsp3) is 0.533. The summed E-state index contributed by atoms with van der Waals surface area (Å²) >= 11 is 0. The van der Waals surface area contributed by atoms with E-state index in [1.54, 1.807) is 24.3 Å². The Balaban J connectivity index is 0.00000242. The maximum Gasteiger partial charge on any atom is 0.237 e. The Hall–Kier alpha value is -1.11. The van der Waals surface area contributed by atoms with Crippen molar-refractivity contribution >= 4 is 28.2 Å². The molecule has 1 aromatic carbocycles. The number of carbonyl (C=O) groups is 1. The number of hydrogen-bond donors (Lipinski definition) is 2. The highest BCUT2D eigenvalue weighted by Gasteiger charge is 2.34. The van der Waals surface area contributed by atoms with Crippen LogP contribution in [0.3, 0.4) is 0 Å². The van der Waals surface area contributed by atoms with E-state index >= 15 is 0 Å². The summed E-state index contributed by atoms with van der Waals surface area (Å²) < 4.78 is 24.1. The lowest BCUT2D eigenvalue weighted by Gasteiger charge is -2.31. The van der Waals surface area contributed by atoms with Crippen molar-refractivity contribution in [2.24, 2.45) is 11.1 Å². The molecule has 1 amide bonds. The van der Waals surface area contributed by atoms with Crippen molar-refractivity contribution in [1.29, 1.82) is 0 Å². The van der Waals surface area contributed by atoms with Crippen LogP contribution in [0.4, 0.5) is 0 Å². The molecule has 0 saturated heterocycles. The molecule has 3 N–H and O–H groups in total. The van der Waals surface area contributed by atoms with Gasteiger partial charge in [0.1, 0.15) is 0 Å². The van der Waals surface area contributed by atoms with Gasteiger partial charge in [0.15, 0.2) is 9.84 Å². The average Bonchev–Trinajstić information content (AvgIpc) is 2.40. The van der Waals surface area contributed by atoms with Crippen molar-refractivity contribution in [3.05, 3.63) is 29.8 Å². The lowest BCUT2D eigenvalue weighted by Crippen LogP contribution is -2.50. The molecule has 1 unspecified atom stereocenters. The molecule has 22 heavy (non-hydrogen) atoms. The third kappa shape index (κ3) is 3.80. The molecule has 124 valence electrons. The summed E-state index contributed by atoms with van der Waals surface area (Å²) in [6.45, 7) is 5.70. The minimum Gasteiger partial charge on any atom is -0.348 e. The number of amides is 1. The van der Waals surface area contributed by atoms with Crippen molar-refractivity contribution in [2.75, 3.05) is 5.75 Å². The zero-order chi connectivity index (χ0) is 15.8. The number of nitrogens with two attached hydrogens (primary N) is 1. The van der Waals surface area contributed by atoms with Gasteiger partial charge in [0.2, 0.25) is 5.91 Å².